The van der Waals surface area contributed by atoms with Crippen LogP contribution in [0.1, 0.15) is 62.2 Å². The predicted molar refractivity (Wildman–Crippen MR) is 123 cm³/mol. The lowest BCUT2D eigenvalue weighted by atomic mass is 9.74. The lowest BCUT2D eigenvalue weighted by molar-refractivity contribution is -0.384. The van der Waals surface area contributed by atoms with Crippen molar-refractivity contribution in [3.8, 4) is 0 Å². The highest BCUT2D eigenvalue weighted by Crippen LogP contribution is 2.42. The maximum absolute atomic E-state index is 13.6. The second kappa shape index (κ2) is 10.8. The van der Waals surface area contributed by atoms with E-state index < -0.39 is 22.7 Å². The third kappa shape index (κ3) is 5.24. The molecule has 2 atom stereocenters. The molecule has 0 saturated carbocycles. The van der Waals surface area contributed by atoms with Crippen molar-refractivity contribution in [1.82, 2.24) is 9.55 Å². The number of aromatic nitrogens is 2. The first-order chi connectivity index (χ1) is 15.9. The van der Waals surface area contributed by atoms with E-state index in [2.05, 4.69) is 11.9 Å². The van der Waals surface area contributed by atoms with Gasteiger partial charge in [-0.05, 0) is 25.3 Å². The van der Waals surface area contributed by atoms with Gasteiger partial charge in [0.1, 0.15) is 12.2 Å². The molecule has 1 aromatic heterocycles. The number of nitro benzene ring substituents is 1. The summed E-state index contributed by atoms with van der Waals surface area (Å²) in [5.74, 6) is -2.35. The highest BCUT2D eigenvalue weighted by Gasteiger charge is 2.42. The molecule has 0 bridgehead atoms. The third-order valence-corrected chi connectivity index (χ3v) is 5.87. The number of esters is 1. The van der Waals surface area contributed by atoms with E-state index in [4.69, 9.17) is 9.73 Å². The van der Waals surface area contributed by atoms with Crippen LogP contribution in [0.5, 0.6) is 0 Å². The molecule has 2 aromatic rings. The highest BCUT2D eigenvalue weighted by atomic mass is 16.6. The van der Waals surface area contributed by atoms with Crippen molar-refractivity contribution in [2.24, 2.45) is 10.9 Å². The first-order valence-corrected chi connectivity index (χ1v) is 11.0. The predicted octanol–water partition coefficient (Wildman–Crippen LogP) is 4.70. The summed E-state index contributed by atoms with van der Waals surface area (Å²) < 4.78 is 6.43. The van der Waals surface area contributed by atoms with E-state index in [1.807, 2.05) is 0 Å². The van der Waals surface area contributed by atoms with E-state index in [0.29, 0.717) is 29.0 Å². The first-order valence-electron chi connectivity index (χ1n) is 11.0. The molecule has 0 radical (unpaired) electrons. The maximum Gasteiger partial charge on any atom is 0.315 e. The molecule has 9 nitrogen and oxygen atoms in total. The van der Waals surface area contributed by atoms with Gasteiger partial charge in [0.15, 0.2) is 0 Å². The van der Waals surface area contributed by atoms with Crippen LogP contribution in [0.3, 0.4) is 0 Å². The van der Waals surface area contributed by atoms with E-state index in [9.17, 15) is 19.7 Å². The monoisotopic (exact) mass is 452 g/mol. The number of carbonyl (C=O) groups excluding carboxylic acids is 2. The number of hydrogen-bond acceptors (Lipinski definition) is 7. The van der Waals surface area contributed by atoms with E-state index in [1.165, 1.54) is 36.3 Å². The molecule has 0 amide bonds. The molecule has 0 N–H and O–H groups in total. The standard InChI is InChI=1S/C24H28N4O5/c1-4-5-6-7-8-19-22(23(29)27-14-13-25-15-27)21(20(16(2)26-19)24(30)33-3)17-9-11-18(12-10-17)28(31)32/h9-15,20-21H,4-8H2,1-3H3. The summed E-state index contributed by atoms with van der Waals surface area (Å²) in [6, 6.07) is 5.94. The van der Waals surface area contributed by atoms with Gasteiger partial charge in [-0.25, -0.2) is 4.98 Å². The zero-order valence-corrected chi connectivity index (χ0v) is 19.1. The summed E-state index contributed by atoms with van der Waals surface area (Å²) in [7, 11) is 1.30. The molecule has 9 heteroatoms. The van der Waals surface area contributed by atoms with Gasteiger partial charge in [0.25, 0.3) is 11.6 Å². The van der Waals surface area contributed by atoms with Gasteiger partial charge in [-0.3, -0.25) is 29.3 Å². The second-order valence-electron chi connectivity index (χ2n) is 8.03. The Morgan fingerprint density at radius 3 is 2.48 bits per heavy atom. The summed E-state index contributed by atoms with van der Waals surface area (Å²) >= 11 is 0. The minimum atomic E-state index is -0.821. The lowest BCUT2D eigenvalue weighted by Crippen LogP contribution is -2.37. The molecule has 1 aliphatic heterocycles. The normalized spacial score (nSPS) is 18.1. The zero-order chi connectivity index (χ0) is 24.0. The van der Waals surface area contributed by atoms with Gasteiger partial charge in [0, 0.05) is 47.4 Å². The SMILES string of the molecule is CCCCCCC1=C(C(=O)n2ccnc2)C(c2ccc([N+](=O)[O-])cc2)C(C(=O)OC)C(C)=N1. The Bertz CT molecular complexity index is 1070. The summed E-state index contributed by atoms with van der Waals surface area (Å²) in [6.07, 6.45) is 9.08. The summed E-state index contributed by atoms with van der Waals surface area (Å²) in [4.78, 5) is 45.8. The third-order valence-electron chi connectivity index (χ3n) is 5.87. The number of non-ortho nitro benzene ring substituents is 1. The van der Waals surface area contributed by atoms with Crippen LogP contribution in [-0.4, -0.2) is 39.2 Å². The van der Waals surface area contributed by atoms with E-state index in [1.54, 1.807) is 25.3 Å². The number of methoxy groups -OCH3 is 1. The van der Waals surface area contributed by atoms with Crippen LogP contribution in [0.4, 0.5) is 5.69 Å². The first kappa shape index (κ1) is 24.0. The van der Waals surface area contributed by atoms with Crippen molar-refractivity contribution in [3.05, 3.63) is 69.9 Å². The minimum absolute atomic E-state index is 0.0687. The molecule has 2 unspecified atom stereocenters. The van der Waals surface area contributed by atoms with E-state index in [-0.39, 0.29) is 11.6 Å². The Morgan fingerprint density at radius 1 is 1.18 bits per heavy atom. The minimum Gasteiger partial charge on any atom is -0.468 e. The van der Waals surface area contributed by atoms with Gasteiger partial charge in [0.2, 0.25) is 0 Å². The van der Waals surface area contributed by atoms with Crippen molar-refractivity contribution in [2.75, 3.05) is 7.11 Å². The van der Waals surface area contributed by atoms with Crippen molar-refractivity contribution in [2.45, 2.75) is 51.9 Å². The average molecular weight is 453 g/mol. The summed E-state index contributed by atoms with van der Waals surface area (Å²) in [6.45, 7) is 3.88. The van der Waals surface area contributed by atoms with Gasteiger partial charge in [0.05, 0.1) is 12.0 Å². The maximum atomic E-state index is 13.6. The molecule has 0 fully saturated rings. The van der Waals surface area contributed by atoms with Gasteiger partial charge in [-0.15, -0.1) is 0 Å². The molecule has 3 rings (SSSR count). The molecule has 1 aromatic carbocycles. The fourth-order valence-electron chi connectivity index (χ4n) is 4.21. The Kier molecular flexibility index (Phi) is 7.87. The highest BCUT2D eigenvalue weighted by molar-refractivity contribution is 6.08. The molecule has 0 aliphatic carbocycles. The molecule has 2 heterocycles. The summed E-state index contributed by atoms with van der Waals surface area (Å²) in [5.41, 5.74) is 2.11. The largest absolute Gasteiger partial charge is 0.468 e. The number of nitro groups is 1. The topological polar surface area (TPSA) is 117 Å². The molecule has 1 aliphatic rings. The number of unbranched alkanes of at least 4 members (excludes halogenated alkanes) is 3. The number of allylic oxidation sites excluding steroid dienone is 2. The van der Waals surface area contributed by atoms with Crippen molar-refractivity contribution < 1.29 is 19.2 Å². The van der Waals surface area contributed by atoms with Crippen molar-refractivity contribution in [3.63, 3.8) is 0 Å². The Hall–Kier alpha value is -3.62. The number of imidazole rings is 1. The van der Waals surface area contributed by atoms with Crippen LogP contribution in [0.25, 0.3) is 0 Å². The second-order valence-corrected chi connectivity index (χ2v) is 8.03. The van der Waals surface area contributed by atoms with Gasteiger partial charge in [-0.2, -0.15) is 0 Å². The van der Waals surface area contributed by atoms with Crippen LogP contribution < -0.4 is 0 Å². The molecular formula is C24H28N4O5. The Labute approximate surface area is 192 Å². The van der Waals surface area contributed by atoms with Crippen LogP contribution in [0.15, 0.2) is 59.2 Å². The lowest BCUT2D eigenvalue weighted by Gasteiger charge is -2.32. The fraction of sp³-hybridized carbons (Fsp3) is 0.417. The fourth-order valence-corrected chi connectivity index (χ4v) is 4.21. The van der Waals surface area contributed by atoms with Crippen LogP contribution in [0.2, 0.25) is 0 Å². The molecule has 33 heavy (non-hydrogen) atoms. The number of rotatable bonds is 9. The molecule has 174 valence electrons. The van der Waals surface area contributed by atoms with Crippen LogP contribution >= 0.6 is 0 Å². The smallest absolute Gasteiger partial charge is 0.315 e. The van der Waals surface area contributed by atoms with Gasteiger partial charge >= 0.3 is 5.97 Å². The van der Waals surface area contributed by atoms with Crippen molar-refractivity contribution in [1.29, 1.82) is 0 Å². The quantitative estimate of drug-likeness (QED) is 0.235. The number of ether oxygens (including phenoxy) is 1. The van der Waals surface area contributed by atoms with Crippen LogP contribution in [-0.2, 0) is 9.53 Å². The average Bonchev–Trinajstić information content (AvgIpc) is 3.35. The Morgan fingerprint density at radius 2 is 1.91 bits per heavy atom. The number of benzene rings is 1. The molecular weight excluding hydrogens is 424 g/mol. The molecule has 0 spiro atoms. The van der Waals surface area contributed by atoms with Gasteiger partial charge in [-0.1, -0.05) is 38.3 Å². The molecule has 0 saturated heterocycles. The zero-order valence-electron chi connectivity index (χ0n) is 19.1. The number of hydrogen-bond donors (Lipinski definition) is 0. The Balaban J connectivity index is 2.16. The van der Waals surface area contributed by atoms with E-state index in [0.717, 1.165) is 25.7 Å². The number of carbonyl (C=O) groups is 2. The number of aliphatic imine (C=N–C) groups is 1. The van der Waals surface area contributed by atoms with Gasteiger partial charge < -0.3 is 4.74 Å². The van der Waals surface area contributed by atoms with Crippen LogP contribution in [0, 0.1) is 16.0 Å². The number of nitrogens with zero attached hydrogens (tertiary/aromatic N) is 4. The van der Waals surface area contributed by atoms with E-state index >= 15 is 0 Å². The van der Waals surface area contributed by atoms with Crippen molar-refractivity contribution >= 4 is 23.3 Å². The summed E-state index contributed by atoms with van der Waals surface area (Å²) in [5, 5.41) is 11.1.